The Morgan fingerprint density at radius 2 is 1.67 bits per heavy atom. The van der Waals surface area contributed by atoms with Gasteiger partial charge >= 0.3 is 6.03 Å². The molecule has 0 aromatic rings. The second kappa shape index (κ2) is 3.42. The van der Waals surface area contributed by atoms with E-state index >= 15 is 0 Å². The lowest BCUT2D eigenvalue weighted by Crippen LogP contribution is -2.19. The third-order valence-electron chi connectivity index (χ3n) is 0.172. The van der Waals surface area contributed by atoms with E-state index in [9.17, 15) is 4.79 Å². The lowest BCUT2D eigenvalue weighted by molar-refractivity contribution is 0.252. The van der Waals surface area contributed by atoms with Crippen molar-refractivity contribution in [1.82, 2.24) is 8.69 Å². The number of amides is 2. The van der Waals surface area contributed by atoms with Crippen molar-refractivity contribution in [2.45, 2.75) is 0 Å². The van der Waals surface area contributed by atoms with Crippen molar-refractivity contribution in [3.05, 3.63) is 0 Å². The van der Waals surface area contributed by atoms with Crippen LogP contribution < -0.4 is 8.69 Å². The minimum absolute atomic E-state index is 0.324. The fourth-order valence-corrected chi connectivity index (χ4v) is 0.482. The van der Waals surface area contributed by atoms with Crippen LogP contribution in [0.3, 0.4) is 0 Å². The first-order valence-corrected chi connectivity index (χ1v) is 2.67. The van der Waals surface area contributed by atoms with Gasteiger partial charge in [0.2, 0.25) is 0 Å². The predicted molar refractivity (Wildman–Crippen MR) is 29.5 cm³/mol. The van der Waals surface area contributed by atoms with Gasteiger partial charge in [0.15, 0.2) is 0 Å². The average Bonchev–Trinajstić information content (AvgIpc) is 1.65. The highest BCUT2D eigenvalue weighted by Crippen LogP contribution is 1.71. The molecule has 2 amide bonds. The summed E-state index contributed by atoms with van der Waals surface area (Å²) in [4.78, 5) is 9.86. The van der Waals surface area contributed by atoms with E-state index in [1.807, 2.05) is 0 Å². The van der Waals surface area contributed by atoms with E-state index in [0.717, 1.165) is 0 Å². The molecule has 5 heteroatoms. The first-order chi connectivity index (χ1) is 2.81. The van der Waals surface area contributed by atoms with Gasteiger partial charge in [0, 0.05) is 0 Å². The molecule has 0 aliphatic rings. The van der Waals surface area contributed by atoms with Gasteiger partial charge in [0.1, 0.15) is 0 Å². The number of rotatable bonds is 0. The van der Waals surface area contributed by atoms with Crippen LogP contribution in [0.15, 0.2) is 0 Å². The van der Waals surface area contributed by atoms with Crippen molar-refractivity contribution in [2.75, 3.05) is 0 Å². The highest BCUT2D eigenvalue weighted by Gasteiger charge is 1.85. The number of nitrogens with one attached hydrogen (secondary N) is 2. The monoisotopic (exact) mass is 216 g/mol. The van der Waals surface area contributed by atoms with Crippen LogP contribution >= 0.6 is 32.3 Å². The van der Waals surface area contributed by atoms with Crippen LogP contribution in [0.5, 0.6) is 0 Å². The number of hydrogen-bond acceptors (Lipinski definition) is 1. The van der Waals surface area contributed by atoms with Crippen LogP contribution in [0.2, 0.25) is 0 Å². The quantitative estimate of drug-likeness (QED) is 0.582. The first-order valence-electron chi connectivity index (χ1n) is 1.08. The molecule has 0 spiro atoms. The molecule has 0 aliphatic heterocycles. The number of hydrogen-bond donors (Lipinski definition) is 2. The Morgan fingerprint density at radius 3 is 1.67 bits per heavy atom. The molecule has 0 heterocycles. The first kappa shape index (κ1) is 6.23. The molecule has 2 N–H and O–H groups in total. The molecule has 0 aliphatic carbocycles. The van der Waals surface area contributed by atoms with E-state index < -0.39 is 0 Å². The Kier molecular flexibility index (Phi) is 3.55. The van der Waals surface area contributed by atoms with Crippen molar-refractivity contribution in [3.8, 4) is 0 Å². The third kappa shape index (κ3) is 2.47. The van der Waals surface area contributed by atoms with Crippen molar-refractivity contribution < 1.29 is 4.79 Å². The summed E-state index contributed by atoms with van der Waals surface area (Å²) in [7, 11) is 0. The van der Waals surface area contributed by atoms with Crippen LogP contribution in [0.25, 0.3) is 0 Å². The Balaban J connectivity index is 2.99. The Bertz CT molecular complexity index is 49.5. The fraction of sp³-hybridized carbons (Fsp3) is 0. The molecule has 3 nitrogen and oxygen atoms in total. The van der Waals surface area contributed by atoms with E-state index in [0.29, 0.717) is 0 Å². The summed E-state index contributed by atoms with van der Waals surface area (Å²) in [5, 5.41) is 0. The molecule has 0 unspecified atom stereocenters. The van der Waals surface area contributed by atoms with E-state index in [1.165, 1.54) is 0 Å². The zero-order chi connectivity index (χ0) is 4.99. The average molecular weight is 218 g/mol. The highest BCUT2D eigenvalue weighted by atomic mass is 79.9. The molecular weight excluding hydrogens is 216 g/mol. The zero-order valence-corrected chi connectivity index (χ0v) is 5.84. The van der Waals surface area contributed by atoms with Gasteiger partial charge in [-0.3, -0.25) is 8.69 Å². The van der Waals surface area contributed by atoms with E-state index in [1.54, 1.807) is 0 Å². The molecule has 36 valence electrons. The largest absolute Gasteiger partial charge is 0.334 e. The van der Waals surface area contributed by atoms with Crippen LogP contribution in [0.4, 0.5) is 4.79 Å². The lowest BCUT2D eigenvalue weighted by atomic mass is 11.2. The van der Waals surface area contributed by atoms with Crippen LogP contribution in [0, 0.1) is 0 Å². The Hall–Kier alpha value is 0.230. The van der Waals surface area contributed by atoms with Crippen LogP contribution in [-0.4, -0.2) is 6.03 Å². The lowest BCUT2D eigenvalue weighted by Gasteiger charge is -1.86. The van der Waals surface area contributed by atoms with Crippen LogP contribution in [-0.2, 0) is 0 Å². The molecule has 0 bridgehead atoms. The Labute approximate surface area is 52.2 Å². The molecular formula is CH2Br2N2O. The molecule has 0 fully saturated rings. The fourth-order valence-electron chi connectivity index (χ4n) is 0.0179. The maximum atomic E-state index is 9.86. The summed E-state index contributed by atoms with van der Waals surface area (Å²) in [6.45, 7) is 0. The second-order valence-corrected chi connectivity index (χ2v) is 1.31. The molecule has 6 heavy (non-hydrogen) atoms. The van der Waals surface area contributed by atoms with Gasteiger partial charge in [-0.1, -0.05) is 0 Å². The van der Waals surface area contributed by atoms with E-state index in [4.69, 9.17) is 0 Å². The Morgan fingerprint density at radius 1 is 1.33 bits per heavy atom. The van der Waals surface area contributed by atoms with Gasteiger partial charge in [-0.05, 0) is 0 Å². The standard InChI is InChI=1S/CH2Br2N2O/c2-4-1(6)5-3/h(H2,4,5,6). The molecule has 0 radical (unpaired) electrons. The molecule has 0 saturated heterocycles. The predicted octanol–water partition coefficient (Wildman–Crippen LogP) is 0.905. The molecule has 0 saturated carbocycles. The number of carbonyl (C=O) groups excluding carboxylic acids is 1. The minimum Gasteiger partial charge on any atom is -0.274 e. The minimum atomic E-state index is -0.324. The van der Waals surface area contributed by atoms with Crippen molar-refractivity contribution in [3.63, 3.8) is 0 Å². The summed E-state index contributed by atoms with van der Waals surface area (Å²) >= 11 is 5.37. The molecule has 0 rings (SSSR count). The highest BCUT2D eigenvalue weighted by molar-refractivity contribution is 9.08. The summed E-state index contributed by atoms with van der Waals surface area (Å²) in [5.41, 5.74) is 0. The van der Waals surface area contributed by atoms with Gasteiger partial charge in [-0.2, -0.15) is 0 Å². The van der Waals surface area contributed by atoms with Gasteiger partial charge in [0.25, 0.3) is 0 Å². The van der Waals surface area contributed by atoms with Crippen LogP contribution in [0.1, 0.15) is 0 Å². The maximum absolute atomic E-state index is 9.86. The summed E-state index contributed by atoms with van der Waals surface area (Å²) in [6, 6.07) is -0.324. The van der Waals surface area contributed by atoms with E-state index in [-0.39, 0.29) is 6.03 Å². The van der Waals surface area contributed by atoms with Gasteiger partial charge in [-0.15, -0.1) is 0 Å². The van der Waals surface area contributed by atoms with Gasteiger partial charge < -0.3 is 0 Å². The molecule has 0 aromatic heterocycles. The topological polar surface area (TPSA) is 41.1 Å². The number of carbonyl (C=O) groups is 1. The van der Waals surface area contributed by atoms with Gasteiger partial charge in [-0.25, -0.2) is 4.79 Å². The van der Waals surface area contributed by atoms with Crippen molar-refractivity contribution in [1.29, 1.82) is 0 Å². The molecule has 0 aromatic carbocycles. The SMILES string of the molecule is O=C(NBr)NBr. The zero-order valence-electron chi connectivity index (χ0n) is 2.66. The second-order valence-electron chi connectivity index (χ2n) is 0.518. The smallest absolute Gasteiger partial charge is 0.274 e. The summed E-state index contributed by atoms with van der Waals surface area (Å²) < 4.78 is 4.26. The van der Waals surface area contributed by atoms with Crippen molar-refractivity contribution >= 4 is 38.3 Å². The van der Waals surface area contributed by atoms with E-state index in [2.05, 4.69) is 41.0 Å². The summed E-state index contributed by atoms with van der Waals surface area (Å²) in [6.07, 6.45) is 0. The van der Waals surface area contributed by atoms with Crippen molar-refractivity contribution in [2.24, 2.45) is 0 Å². The number of urea groups is 1. The normalized spacial score (nSPS) is 7.00. The number of halogens is 2. The summed E-state index contributed by atoms with van der Waals surface area (Å²) in [5.74, 6) is 0. The third-order valence-corrected chi connectivity index (χ3v) is 0.892. The van der Waals surface area contributed by atoms with Gasteiger partial charge in [0.05, 0.1) is 32.3 Å². The molecule has 0 atom stereocenters. The maximum Gasteiger partial charge on any atom is 0.334 e.